The molecule has 6 heteroatoms. The maximum Gasteiger partial charge on any atom is 0.242 e. The lowest BCUT2D eigenvalue weighted by atomic mass is 10.2. The molecule has 1 unspecified atom stereocenters. The van der Waals surface area contributed by atoms with Crippen LogP contribution in [0.4, 0.5) is 0 Å². The normalized spacial score (nSPS) is 12.0. The third-order valence-electron chi connectivity index (χ3n) is 3.28. The molecule has 0 radical (unpaired) electrons. The Morgan fingerprint density at radius 3 is 3.00 bits per heavy atom. The lowest BCUT2D eigenvalue weighted by molar-refractivity contribution is -0.124. The molecular formula is C15H18N4O2. The number of hydrogen-bond donors (Lipinski definition) is 1. The lowest BCUT2D eigenvalue weighted by Crippen LogP contribution is -2.33. The van der Waals surface area contributed by atoms with Gasteiger partial charge in [-0.1, -0.05) is 12.1 Å². The summed E-state index contributed by atoms with van der Waals surface area (Å²) in [6.07, 6.45) is 0.171. The Bertz CT molecular complexity index is 672. The zero-order valence-corrected chi connectivity index (χ0v) is 12.2. The Balaban J connectivity index is 2.32. The number of benzene rings is 1. The summed E-state index contributed by atoms with van der Waals surface area (Å²) in [7, 11) is 1.59. The van der Waals surface area contributed by atoms with Crippen LogP contribution in [-0.2, 0) is 16.0 Å². The number of amides is 1. The van der Waals surface area contributed by atoms with E-state index >= 15 is 0 Å². The van der Waals surface area contributed by atoms with E-state index in [1.54, 1.807) is 14.0 Å². The zero-order chi connectivity index (χ0) is 15.2. The molecule has 1 aromatic heterocycles. The first kappa shape index (κ1) is 15.0. The third kappa shape index (κ3) is 3.20. The molecule has 1 heterocycles. The number of hydrogen-bond acceptors (Lipinski definition) is 4. The number of rotatable bonds is 6. The minimum atomic E-state index is -0.433. The number of ether oxygens (including phenoxy) is 1. The number of fused-ring (bicyclic) bond motifs is 1. The van der Waals surface area contributed by atoms with Crippen LogP contribution in [0, 0.1) is 11.3 Å². The molecule has 0 aliphatic carbocycles. The summed E-state index contributed by atoms with van der Waals surface area (Å²) in [5.74, 6) is 0.488. The Labute approximate surface area is 123 Å². The second-order valence-electron chi connectivity index (χ2n) is 4.68. The van der Waals surface area contributed by atoms with Gasteiger partial charge in [-0.3, -0.25) is 4.79 Å². The van der Waals surface area contributed by atoms with Gasteiger partial charge in [-0.25, -0.2) is 4.98 Å². The van der Waals surface area contributed by atoms with E-state index in [9.17, 15) is 4.79 Å². The number of nitrogens with one attached hydrogen (secondary N) is 1. The van der Waals surface area contributed by atoms with Crippen molar-refractivity contribution in [1.29, 1.82) is 5.26 Å². The van der Waals surface area contributed by atoms with Crippen LogP contribution in [0.3, 0.4) is 0 Å². The van der Waals surface area contributed by atoms with E-state index in [4.69, 9.17) is 10.00 Å². The van der Waals surface area contributed by atoms with Crippen molar-refractivity contribution in [3.05, 3.63) is 30.1 Å². The van der Waals surface area contributed by atoms with Crippen molar-refractivity contribution in [2.24, 2.45) is 0 Å². The topological polar surface area (TPSA) is 79.9 Å². The van der Waals surface area contributed by atoms with Gasteiger partial charge in [0.2, 0.25) is 5.91 Å². The van der Waals surface area contributed by atoms with Gasteiger partial charge in [-0.05, 0) is 19.1 Å². The first-order chi connectivity index (χ1) is 10.2. The molecule has 1 atom stereocenters. The summed E-state index contributed by atoms with van der Waals surface area (Å²) in [4.78, 5) is 16.7. The van der Waals surface area contributed by atoms with Crippen molar-refractivity contribution in [1.82, 2.24) is 14.9 Å². The minimum Gasteiger partial charge on any atom is -0.383 e. The highest BCUT2D eigenvalue weighted by Gasteiger charge is 2.20. The highest BCUT2D eigenvalue weighted by molar-refractivity contribution is 5.84. The molecular weight excluding hydrogens is 268 g/mol. The first-order valence-electron chi connectivity index (χ1n) is 6.78. The summed E-state index contributed by atoms with van der Waals surface area (Å²) in [5.41, 5.74) is 1.65. The van der Waals surface area contributed by atoms with Crippen molar-refractivity contribution in [3.63, 3.8) is 0 Å². The Morgan fingerprint density at radius 2 is 2.29 bits per heavy atom. The molecule has 0 fully saturated rings. The quantitative estimate of drug-likeness (QED) is 0.815. The Morgan fingerprint density at radius 1 is 1.52 bits per heavy atom. The van der Waals surface area contributed by atoms with Gasteiger partial charge in [0.05, 0.1) is 30.1 Å². The number of nitrogens with zero attached hydrogens (tertiary/aromatic N) is 3. The van der Waals surface area contributed by atoms with E-state index in [0.717, 1.165) is 11.0 Å². The van der Waals surface area contributed by atoms with Crippen LogP contribution >= 0.6 is 0 Å². The van der Waals surface area contributed by atoms with Crippen LogP contribution in [0.25, 0.3) is 11.0 Å². The van der Waals surface area contributed by atoms with Gasteiger partial charge in [0, 0.05) is 13.7 Å². The molecule has 0 bridgehead atoms. The van der Waals surface area contributed by atoms with Crippen molar-refractivity contribution in [3.8, 4) is 6.07 Å². The minimum absolute atomic E-state index is 0.116. The second kappa shape index (κ2) is 6.86. The summed E-state index contributed by atoms with van der Waals surface area (Å²) < 4.78 is 6.74. The monoisotopic (exact) mass is 286 g/mol. The smallest absolute Gasteiger partial charge is 0.242 e. The molecule has 0 saturated heterocycles. The fraction of sp³-hybridized carbons (Fsp3) is 0.400. The number of nitriles is 1. The fourth-order valence-electron chi connectivity index (χ4n) is 2.26. The number of carbonyl (C=O) groups excluding carboxylic acids is 1. The number of aromatic nitrogens is 2. The number of carbonyl (C=O) groups is 1. The van der Waals surface area contributed by atoms with E-state index < -0.39 is 6.04 Å². The van der Waals surface area contributed by atoms with Gasteiger partial charge in [-0.15, -0.1) is 0 Å². The van der Waals surface area contributed by atoms with Gasteiger partial charge in [0.1, 0.15) is 11.9 Å². The molecule has 1 N–H and O–H groups in total. The average molecular weight is 286 g/mol. The molecule has 1 amide bonds. The lowest BCUT2D eigenvalue weighted by Gasteiger charge is -2.16. The van der Waals surface area contributed by atoms with Crippen LogP contribution in [0.1, 0.15) is 18.8 Å². The number of para-hydroxylation sites is 2. The van der Waals surface area contributed by atoms with Gasteiger partial charge in [0.15, 0.2) is 0 Å². The van der Waals surface area contributed by atoms with Crippen molar-refractivity contribution in [2.45, 2.75) is 19.4 Å². The Kier molecular flexibility index (Phi) is 4.90. The highest BCUT2D eigenvalue weighted by Crippen LogP contribution is 2.21. The molecule has 1 aromatic carbocycles. The molecule has 2 rings (SSSR count). The third-order valence-corrected chi connectivity index (χ3v) is 3.28. The first-order valence-corrected chi connectivity index (χ1v) is 6.78. The van der Waals surface area contributed by atoms with Gasteiger partial charge < -0.3 is 14.6 Å². The molecule has 0 aliphatic heterocycles. The zero-order valence-electron chi connectivity index (χ0n) is 12.2. The van der Waals surface area contributed by atoms with E-state index in [-0.39, 0.29) is 12.3 Å². The van der Waals surface area contributed by atoms with Gasteiger partial charge >= 0.3 is 0 Å². The largest absolute Gasteiger partial charge is 0.383 e. The molecule has 6 nitrogen and oxygen atoms in total. The summed E-state index contributed by atoms with van der Waals surface area (Å²) in [6.45, 7) is 2.73. The van der Waals surface area contributed by atoms with E-state index in [2.05, 4.69) is 16.4 Å². The second-order valence-corrected chi connectivity index (χ2v) is 4.68. The van der Waals surface area contributed by atoms with E-state index in [1.165, 1.54) is 0 Å². The van der Waals surface area contributed by atoms with E-state index in [0.29, 0.717) is 19.0 Å². The van der Waals surface area contributed by atoms with Crippen molar-refractivity contribution in [2.75, 3.05) is 20.3 Å². The summed E-state index contributed by atoms with van der Waals surface area (Å²) in [6, 6.07) is 9.23. The molecule has 0 saturated carbocycles. The number of methoxy groups -OCH3 is 1. The van der Waals surface area contributed by atoms with Crippen LogP contribution < -0.4 is 5.32 Å². The maximum absolute atomic E-state index is 12.2. The SMILES string of the molecule is COCCNC(=O)C(C)n1c(CC#N)nc2ccccc21. The average Bonchev–Trinajstić information content (AvgIpc) is 2.85. The van der Waals surface area contributed by atoms with Crippen molar-refractivity contribution >= 4 is 16.9 Å². The summed E-state index contributed by atoms with van der Waals surface area (Å²) in [5, 5.41) is 11.8. The van der Waals surface area contributed by atoms with Crippen LogP contribution in [0.2, 0.25) is 0 Å². The van der Waals surface area contributed by atoms with Crippen LogP contribution in [-0.4, -0.2) is 35.7 Å². The van der Waals surface area contributed by atoms with E-state index in [1.807, 2.05) is 28.8 Å². The highest BCUT2D eigenvalue weighted by atomic mass is 16.5. The molecule has 0 aliphatic rings. The van der Waals surface area contributed by atoms with Crippen molar-refractivity contribution < 1.29 is 9.53 Å². The fourth-order valence-corrected chi connectivity index (χ4v) is 2.26. The molecule has 0 spiro atoms. The molecule has 21 heavy (non-hydrogen) atoms. The Hall–Kier alpha value is -2.39. The summed E-state index contributed by atoms with van der Waals surface area (Å²) >= 11 is 0. The standard InChI is InChI=1S/C15H18N4O2/c1-11(15(20)17-9-10-21-2)19-13-6-4-3-5-12(13)18-14(19)7-8-16/h3-6,11H,7,9-10H2,1-2H3,(H,17,20). The van der Waals surface area contributed by atoms with Gasteiger partial charge in [-0.2, -0.15) is 5.26 Å². The number of imidazole rings is 1. The molecule has 2 aromatic rings. The van der Waals surface area contributed by atoms with Gasteiger partial charge in [0.25, 0.3) is 0 Å². The predicted octanol–water partition coefficient (Wildman–Crippen LogP) is 1.43. The van der Waals surface area contributed by atoms with Crippen LogP contribution in [0.15, 0.2) is 24.3 Å². The predicted molar refractivity (Wildman–Crippen MR) is 78.6 cm³/mol. The maximum atomic E-state index is 12.2. The van der Waals surface area contributed by atoms with Crippen LogP contribution in [0.5, 0.6) is 0 Å². The molecule has 110 valence electrons.